The van der Waals surface area contributed by atoms with Gasteiger partial charge < -0.3 is 15.0 Å². The Balaban J connectivity index is 1.80. The summed E-state index contributed by atoms with van der Waals surface area (Å²) >= 11 is 0. The summed E-state index contributed by atoms with van der Waals surface area (Å²) in [5.74, 6) is 0.0376. The molecule has 1 N–H and O–H groups in total. The van der Waals surface area contributed by atoms with E-state index in [2.05, 4.69) is 19.2 Å². The molecule has 0 saturated carbocycles. The highest BCUT2D eigenvalue weighted by Gasteiger charge is 2.34. The topological polar surface area (TPSA) is 96.0 Å². The van der Waals surface area contributed by atoms with Crippen molar-refractivity contribution in [1.29, 1.82) is 0 Å². The smallest absolute Gasteiger partial charge is 0.264 e. The van der Waals surface area contributed by atoms with Crippen LogP contribution in [0.3, 0.4) is 0 Å². The summed E-state index contributed by atoms with van der Waals surface area (Å²) in [6, 6.07) is 31.2. The van der Waals surface area contributed by atoms with E-state index in [-0.39, 0.29) is 29.7 Å². The first-order chi connectivity index (χ1) is 22.1. The van der Waals surface area contributed by atoms with Gasteiger partial charge in [-0.05, 0) is 65.4 Å². The van der Waals surface area contributed by atoms with Gasteiger partial charge in [0.25, 0.3) is 10.0 Å². The van der Waals surface area contributed by atoms with Gasteiger partial charge in [0.1, 0.15) is 18.3 Å². The normalized spacial score (nSPS) is 11.9. The molecule has 0 heterocycles. The van der Waals surface area contributed by atoms with Gasteiger partial charge in [0.05, 0.1) is 17.7 Å². The number of sulfonamides is 1. The Morgan fingerprint density at radius 1 is 0.826 bits per heavy atom. The van der Waals surface area contributed by atoms with E-state index >= 15 is 0 Å². The molecule has 0 spiro atoms. The number of carbonyl (C=O) groups excluding carboxylic acids is 2. The zero-order valence-corrected chi connectivity index (χ0v) is 27.7. The molecule has 9 heteroatoms. The summed E-state index contributed by atoms with van der Waals surface area (Å²) in [7, 11) is -2.59. The van der Waals surface area contributed by atoms with Gasteiger partial charge in [-0.2, -0.15) is 0 Å². The number of rotatable bonds is 15. The molecule has 46 heavy (non-hydrogen) atoms. The molecule has 0 aliphatic carbocycles. The monoisotopic (exact) mass is 641 g/mol. The molecule has 0 unspecified atom stereocenters. The molecular formula is C37H43N3O5S. The summed E-state index contributed by atoms with van der Waals surface area (Å²) in [4.78, 5) is 29.9. The van der Waals surface area contributed by atoms with Crippen LogP contribution in [0.25, 0.3) is 0 Å². The average Bonchev–Trinajstić information content (AvgIpc) is 3.08. The van der Waals surface area contributed by atoms with Crippen LogP contribution in [0.15, 0.2) is 114 Å². The lowest BCUT2D eigenvalue weighted by atomic mass is 10.0. The van der Waals surface area contributed by atoms with Crippen LogP contribution in [0.4, 0.5) is 5.69 Å². The lowest BCUT2D eigenvalue weighted by Gasteiger charge is -2.34. The summed E-state index contributed by atoms with van der Waals surface area (Å²) < 4.78 is 34.9. The van der Waals surface area contributed by atoms with Crippen LogP contribution >= 0.6 is 0 Å². The molecular weight excluding hydrogens is 598 g/mol. The van der Waals surface area contributed by atoms with Crippen molar-refractivity contribution in [1.82, 2.24) is 10.2 Å². The largest absolute Gasteiger partial charge is 0.497 e. The number of carbonyl (C=O) groups is 2. The highest BCUT2D eigenvalue weighted by Crippen LogP contribution is 2.27. The van der Waals surface area contributed by atoms with Crippen molar-refractivity contribution in [3.8, 4) is 5.75 Å². The Morgan fingerprint density at radius 2 is 1.46 bits per heavy atom. The number of hydrogen-bond acceptors (Lipinski definition) is 5. The highest BCUT2D eigenvalue weighted by atomic mass is 32.2. The van der Waals surface area contributed by atoms with Gasteiger partial charge in [-0.1, -0.05) is 93.6 Å². The van der Waals surface area contributed by atoms with E-state index in [4.69, 9.17) is 4.74 Å². The molecule has 242 valence electrons. The minimum atomic E-state index is -4.15. The number of benzene rings is 4. The Hall–Kier alpha value is -4.63. The predicted molar refractivity (Wildman–Crippen MR) is 182 cm³/mol. The lowest BCUT2D eigenvalue weighted by molar-refractivity contribution is -0.140. The Morgan fingerprint density at radius 3 is 2.07 bits per heavy atom. The first-order valence-electron chi connectivity index (χ1n) is 15.6. The van der Waals surface area contributed by atoms with E-state index < -0.39 is 28.5 Å². The standard InChI is InChI=1S/C37H43N3O5S/c1-5-23-38-37(42)35(25-29-13-8-6-9-14-29)39(26-30-15-12-16-33(24-30)45-4)36(41)27-40(32-21-19-31(20-22-32)28(2)3)46(43,44)34-17-10-7-11-18-34/h6-22,24,28,35H,5,23,25-27H2,1-4H3,(H,38,42)/t35-/m0/s1. The second kappa shape index (κ2) is 16.1. The third-order valence-electron chi connectivity index (χ3n) is 7.77. The fraction of sp³-hybridized carbons (Fsp3) is 0.297. The molecule has 1 atom stereocenters. The zero-order valence-electron chi connectivity index (χ0n) is 26.9. The van der Waals surface area contributed by atoms with Crippen molar-refractivity contribution in [2.75, 3.05) is 24.5 Å². The molecule has 8 nitrogen and oxygen atoms in total. The van der Waals surface area contributed by atoms with Gasteiger partial charge >= 0.3 is 0 Å². The maximum Gasteiger partial charge on any atom is 0.264 e. The quantitative estimate of drug-likeness (QED) is 0.167. The molecule has 0 bridgehead atoms. The maximum atomic E-state index is 14.6. The van der Waals surface area contributed by atoms with Crippen LogP contribution in [0.2, 0.25) is 0 Å². The lowest BCUT2D eigenvalue weighted by Crippen LogP contribution is -2.53. The zero-order chi connectivity index (χ0) is 33.1. The van der Waals surface area contributed by atoms with E-state index in [0.717, 1.165) is 27.4 Å². The maximum absolute atomic E-state index is 14.6. The number of nitrogens with zero attached hydrogens (tertiary/aromatic N) is 2. The van der Waals surface area contributed by atoms with E-state index in [1.165, 1.54) is 17.0 Å². The summed E-state index contributed by atoms with van der Waals surface area (Å²) in [5, 5.41) is 2.96. The molecule has 4 rings (SSSR count). The number of ether oxygens (including phenoxy) is 1. The van der Waals surface area contributed by atoms with E-state index in [1.54, 1.807) is 43.5 Å². The van der Waals surface area contributed by atoms with Crippen LogP contribution in [-0.2, 0) is 32.6 Å². The Bertz CT molecular complexity index is 1680. The van der Waals surface area contributed by atoms with Crippen molar-refractivity contribution in [3.05, 3.63) is 126 Å². The fourth-order valence-corrected chi connectivity index (χ4v) is 6.60. The number of methoxy groups -OCH3 is 1. The minimum Gasteiger partial charge on any atom is -0.497 e. The van der Waals surface area contributed by atoms with E-state index in [0.29, 0.717) is 18.0 Å². The molecule has 4 aromatic rings. The van der Waals surface area contributed by atoms with Gasteiger partial charge in [0.15, 0.2) is 0 Å². The number of nitrogens with one attached hydrogen (secondary N) is 1. The van der Waals surface area contributed by atoms with Crippen molar-refractivity contribution >= 4 is 27.5 Å². The second-order valence-electron chi connectivity index (χ2n) is 11.4. The third kappa shape index (κ3) is 8.75. The summed E-state index contributed by atoms with van der Waals surface area (Å²) in [6.45, 7) is 6.09. The van der Waals surface area contributed by atoms with Gasteiger partial charge in [-0.25, -0.2) is 8.42 Å². The van der Waals surface area contributed by atoms with Crippen LogP contribution in [0, 0.1) is 0 Å². The van der Waals surface area contributed by atoms with E-state index in [9.17, 15) is 18.0 Å². The van der Waals surface area contributed by atoms with Gasteiger partial charge in [-0.15, -0.1) is 0 Å². The van der Waals surface area contributed by atoms with Crippen molar-refractivity contribution in [2.24, 2.45) is 0 Å². The minimum absolute atomic E-state index is 0.0663. The number of hydrogen-bond donors (Lipinski definition) is 1. The fourth-order valence-electron chi connectivity index (χ4n) is 5.16. The molecule has 4 aromatic carbocycles. The van der Waals surface area contributed by atoms with Crippen LogP contribution in [0.5, 0.6) is 5.75 Å². The van der Waals surface area contributed by atoms with Crippen LogP contribution in [-0.4, -0.2) is 51.4 Å². The van der Waals surface area contributed by atoms with Crippen molar-refractivity contribution in [3.63, 3.8) is 0 Å². The Labute approximate surface area is 273 Å². The molecule has 0 saturated heterocycles. The summed E-state index contributed by atoms with van der Waals surface area (Å²) in [6.07, 6.45) is 0.976. The highest BCUT2D eigenvalue weighted by molar-refractivity contribution is 7.92. The molecule has 0 aromatic heterocycles. The Kier molecular flexibility index (Phi) is 12.0. The van der Waals surface area contributed by atoms with Gasteiger partial charge in [0, 0.05) is 19.5 Å². The molecule has 0 aliphatic rings. The second-order valence-corrected chi connectivity index (χ2v) is 13.3. The van der Waals surface area contributed by atoms with Crippen LogP contribution < -0.4 is 14.4 Å². The van der Waals surface area contributed by atoms with Crippen molar-refractivity contribution < 1.29 is 22.7 Å². The third-order valence-corrected chi connectivity index (χ3v) is 9.55. The summed E-state index contributed by atoms with van der Waals surface area (Å²) in [5.41, 5.74) is 3.02. The van der Waals surface area contributed by atoms with Crippen molar-refractivity contribution in [2.45, 2.75) is 57.0 Å². The van der Waals surface area contributed by atoms with Gasteiger partial charge in [-0.3, -0.25) is 13.9 Å². The molecule has 2 amide bonds. The predicted octanol–water partition coefficient (Wildman–Crippen LogP) is 6.18. The molecule has 0 radical (unpaired) electrons. The first kappa shape index (κ1) is 34.2. The van der Waals surface area contributed by atoms with Crippen LogP contribution in [0.1, 0.15) is 49.8 Å². The van der Waals surface area contributed by atoms with Gasteiger partial charge in [0.2, 0.25) is 11.8 Å². The number of amides is 2. The first-order valence-corrected chi connectivity index (χ1v) is 17.0. The molecule has 0 aliphatic heterocycles. The number of anilines is 1. The van der Waals surface area contributed by atoms with E-state index in [1.807, 2.05) is 67.6 Å². The molecule has 0 fully saturated rings. The average molecular weight is 642 g/mol. The SMILES string of the molecule is CCCNC(=O)[C@H](Cc1ccccc1)N(Cc1cccc(OC)c1)C(=O)CN(c1ccc(C(C)C)cc1)S(=O)(=O)c1ccccc1.